The number of rotatable bonds is 6. The fourth-order valence-corrected chi connectivity index (χ4v) is 3.21. The summed E-state index contributed by atoms with van der Waals surface area (Å²) in [5.74, 6) is 0.560. The molecule has 5 aromatic rings. The van der Waals surface area contributed by atoms with E-state index in [1.165, 1.54) is 6.07 Å². The van der Waals surface area contributed by atoms with E-state index in [-0.39, 0.29) is 11.8 Å². The summed E-state index contributed by atoms with van der Waals surface area (Å²) in [6.45, 7) is 0. The van der Waals surface area contributed by atoms with Gasteiger partial charge in [-0.25, -0.2) is 19.3 Å². The molecule has 0 saturated carbocycles. The van der Waals surface area contributed by atoms with E-state index in [2.05, 4.69) is 30.8 Å². The van der Waals surface area contributed by atoms with Crippen LogP contribution < -0.4 is 10.6 Å². The average Bonchev–Trinajstić information content (AvgIpc) is 3.60. The fraction of sp³-hybridized carbons (Fsp3) is 0. The van der Waals surface area contributed by atoms with Crippen LogP contribution in [0, 0.1) is 0 Å². The second-order valence-electron chi connectivity index (χ2n) is 7.20. The van der Waals surface area contributed by atoms with Crippen molar-refractivity contribution in [3.63, 3.8) is 0 Å². The second kappa shape index (κ2) is 9.17. The number of aromatic nitrogens is 6. The van der Waals surface area contributed by atoms with Gasteiger partial charge in [-0.15, -0.1) is 0 Å². The van der Waals surface area contributed by atoms with Crippen molar-refractivity contribution >= 4 is 23.2 Å². The van der Waals surface area contributed by atoms with E-state index in [1.807, 2.05) is 0 Å². The molecular weight excluding hydrogens is 432 g/mol. The first-order valence-corrected chi connectivity index (χ1v) is 10.3. The molecule has 4 heterocycles. The third kappa shape index (κ3) is 4.55. The lowest BCUT2D eigenvalue weighted by Gasteiger charge is -2.09. The topological polar surface area (TPSA) is 120 Å². The van der Waals surface area contributed by atoms with Gasteiger partial charge in [0.25, 0.3) is 11.8 Å². The second-order valence-corrected chi connectivity index (χ2v) is 7.20. The number of amides is 2. The summed E-state index contributed by atoms with van der Waals surface area (Å²) in [6.07, 6.45) is 9.97. The van der Waals surface area contributed by atoms with Crippen LogP contribution in [0.3, 0.4) is 0 Å². The minimum Gasteiger partial charge on any atom is -0.321 e. The molecular formula is C24H18N8O2. The molecule has 4 aromatic heterocycles. The van der Waals surface area contributed by atoms with Crippen LogP contribution in [0.2, 0.25) is 0 Å². The van der Waals surface area contributed by atoms with E-state index in [9.17, 15) is 9.59 Å². The molecule has 2 N–H and O–H groups in total. The quantitative estimate of drug-likeness (QED) is 0.409. The number of nitrogens with one attached hydrogen (secondary N) is 2. The van der Waals surface area contributed by atoms with Crippen LogP contribution in [-0.2, 0) is 0 Å². The number of carbonyl (C=O) groups excluding carboxylic acids is 2. The Bertz CT molecular complexity index is 1300. The third-order valence-electron chi connectivity index (χ3n) is 4.88. The molecule has 0 atom stereocenters. The Hall–Kier alpha value is -5.12. The number of anilines is 2. The van der Waals surface area contributed by atoms with Crippen molar-refractivity contribution in [2.24, 2.45) is 0 Å². The lowest BCUT2D eigenvalue weighted by Crippen LogP contribution is -2.16. The molecule has 10 nitrogen and oxygen atoms in total. The molecule has 0 unspecified atom stereocenters. The summed E-state index contributed by atoms with van der Waals surface area (Å²) in [5.41, 5.74) is 1.74. The first-order chi connectivity index (χ1) is 16.7. The van der Waals surface area contributed by atoms with E-state index in [4.69, 9.17) is 0 Å². The predicted octanol–water partition coefficient (Wildman–Crippen LogP) is 3.35. The lowest BCUT2D eigenvalue weighted by molar-refractivity contribution is 0.102. The molecule has 0 spiro atoms. The Morgan fingerprint density at radius 1 is 0.647 bits per heavy atom. The van der Waals surface area contributed by atoms with Crippen molar-refractivity contribution in [1.82, 2.24) is 29.5 Å². The number of benzene rings is 1. The van der Waals surface area contributed by atoms with Crippen molar-refractivity contribution in [1.29, 1.82) is 0 Å². The highest BCUT2D eigenvalue weighted by molar-refractivity contribution is 6.08. The molecule has 0 aliphatic rings. The Balaban J connectivity index is 1.24. The van der Waals surface area contributed by atoms with Crippen LogP contribution in [0.1, 0.15) is 20.7 Å². The average molecular weight is 450 g/mol. The molecule has 0 saturated heterocycles. The summed E-state index contributed by atoms with van der Waals surface area (Å²) in [4.78, 5) is 34.0. The van der Waals surface area contributed by atoms with Crippen molar-refractivity contribution in [2.45, 2.75) is 0 Å². The Morgan fingerprint density at radius 2 is 1.15 bits per heavy atom. The van der Waals surface area contributed by atoms with Gasteiger partial charge in [0, 0.05) is 35.9 Å². The Kier molecular flexibility index (Phi) is 5.60. The highest BCUT2D eigenvalue weighted by atomic mass is 16.2. The monoisotopic (exact) mass is 450 g/mol. The molecule has 0 aliphatic carbocycles. The summed E-state index contributed by atoms with van der Waals surface area (Å²) in [6, 6.07) is 17.0. The van der Waals surface area contributed by atoms with Crippen LogP contribution in [0.4, 0.5) is 11.4 Å². The summed E-state index contributed by atoms with van der Waals surface area (Å²) >= 11 is 0. The van der Waals surface area contributed by atoms with Gasteiger partial charge >= 0.3 is 0 Å². The maximum absolute atomic E-state index is 12.7. The van der Waals surface area contributed by atoms with Crippen LogP contribution in [-0.4, -0.2) is 41.3 Å². The molecule has 0 aliphatic heterocycles. The summed E-state index contributed by atoms with van der Waals surface area (Å²) < 4.78 is 3.24. The zero-order valence-electron chi connectivity index (χ0n) is 17.7. The number of carbonyl (C=O) groups is 2. The van der Waals surface area contributed by atoms with E-state index < -0.39 is 0 Å². The van der Waals surface area contributed by atoms with Crippen LogP contribution >= 0.6 is 0 Å². The molecule has 5 rings (SSSR count). The highest BCUT2D eigenvalue weighted by Gasteiger charge is 2.12. The molecule has 0 fully saturated rings. The molecule has 0 radical (unpaired) electrons. The van der Waals surface area contributed by atoms with E-state index in [1.54, 1.807) is 101 Å². The molecule has 1 aromatic carbocycles. The standard InChI is InChI=1S/C24H18N8O2/c33-23(29-19-6-8-21(25-15-19)31-12-2-10-27-31)17-4-1-5-18(14-17)24(34)30-20-7-9-22(26-16-20)32-13-3-11-28-32/h1-16H,(H,29,33)(H,30,34). The number of hydrogen-bond donors (Lipinski definition) is 2. The van der Waals surface area contributed by atoms with Crippen molar-refractivity contribution < 1.29 is 9.59 Å². The van der Waals surface area contributed by atoms with Gasteiger partial charge in [-0.1, -0.05) is 6.07 Å². The molecule has 2 amide bonds. The minimum absolute atomic E-state index is 0.343. The SMILES string of the molecule is O=C(Nc1ccc(-n2cccn2)nc1)c1cccc(C(=O)Nc2ccc(-n3cccn3)nc2)c1. The van der Waals surface area contributed by atoms with Gasteiger partial charge in [0.2, 0.25) is 0 Å². The van der Waals surface area contributed by atoms with Gasteiger partial charge in [-0.3, -0.25) is 9.59 Å². The molecule has 166 valence electrons. The fourth-order valence-electron chi connectivity index (χ4n) is 3.21. The molecule has 10 heteroatoms. The van der Waals surface area contributed by atoms with Crippen molar-refractivity contribution in [2.75, 3.05) is 10.6 Å². The predicted molar refractivity (Wildman–Crippen MR) is 125 cm³/mol. The normalized spacial score (nSPS) is 10.6. The van der Waals surface area contributed by atoms with E-state index in [0.717, 1.165) is 0 Å². The van der Waals surface area contributed by atoms with Crippen LogP contribution in [0.5, 0.6) is 0 Å². The molecule has 0 bridgehead atoms. The van der Waals surface area contributed by atoms with Gasteiger partial charge in [-0.05, 0) is 54.6 Å². The van der Waals surface area contributed by atoms with Gasteiger partial charge in [0.15, 0.2) is 11.6 Å². The molecule has 34 heavy (non-hydrogen) atoms. The van der Waals surface area contributed by atoms with Crippen molar-refractivity contribution in [3.05, 3.63) is 109 Å². The summed E-state index contributed by atoms with van der Waals surface area (Å²) in [7, 11) is 0. The van der Waals surface area contributed by atoms with E-state index in [0.29, 0.717) is 34.1 Å². The first kappa shape index (κ1) is 20.8. The van der Waals surface area contributed by atoms with Crippen molar-refractivity contribution in [3.8, 4) is 11.6 Å². The lowest BCUT2D eigenvalue weighted by atomic mass is 10.1. The summed E-state index contributed by atoms with van der Waals surface area (Å²) in [5, 5.41) is 13.8. The number of hydrogen-bond acceptors (Lipinski definition) is 6. The largest absolute Gasteiger partial charge is 0.321 e. The number of nitrogens with zero attached hydrogens (tertiary/aromatic N) is 6. The highest BCUT2D eigenvalue weighted by Crippen LogP contribution is 2.14. The maximum atomic E-state index is 12.7. The van der Waals surface area contributed by atoms with E-state index >= 15 is 0 Å². The van der Waals surface area contributed by atoms with Crippen LogP contribution in [0.25, 0.3) is 11.6 Å². The maximum Gasteiger partial charge on any atom is 0.255 e. The third-order valence-corrected chi connectivity index (χ3v) is 4.88. The first-order valence-electron chi connectivity index (χ1n) is 10.3. The zero-order valence-corrected chi connectivity index (χ0v) is 17.7. The zero-order chi connectivity index (χ0) is 23.3. The van der Waals surface area contributed by atoms with Gasteiger partial charge in [-0.2, -0.15) is 10.2 Å². The Morgan fingerprint density at radius 3 is 1.53 bits per heavy atom. The number of pyridine rings is 2. The smallest absolute Gasteiger partial charge is 0.255 e. The van der Waals surface area contributed by atoms with Gasteiger partial charge in [0.1, 0.15) is 0 Å². The Labute approximate surface area is 193 Å². The van der Waals surface area contributed by atoms with Crippen LogP contribution in [0.15, 0.2) is 97.8 Å². The van der Waals surface area contributed by atoms with Gasteiger partial charge < -0.3 is 10.6 Å². The van der Waals surface area contributed by atoms with Gasteiger partial charge in [0.05, 0.1) is 23.8 Å². The minimum atomic E-state index is -0.353.